The largest absolute Gasteiger partial charge is 0.497 e. The molecule has 30 heavy (non-hydrogen) atoms. The monoisotopic (exact) mass is 414 g/mol. The molecule has 2 aromatic heterocycles. The van der Waals surface area contributed by atoms with Crippen LogP contribution < -0.4 is 10.1 Å². The molecule has 0 bridgehead atoms. The molecule has 0 spiro atoms. The maximum absolute atomic E-state index is 12.4. The Labute approximate surface area is 172 Å². The van der Waals surface area contributed by atoms with E-state index in [4.69, 9.17) is 18.3 Å². The Kier molecular flexibility index (Phi) is 6.41. The van der Waals surface area contributed by atoms with Gasteiger partial charge in [0.1, 0.15) is 17.1 Å². The topological polar surface area (TPSA) is 111 Å². The zero-order chi connectivity index (χ0) is 21.7. The minimum absolute atomic E-state index is 0.0184. The number of hydrogen-bond donors (Lipinski definition) is 1. The van der Waals surface area contributed by atoms with Crippen LogP contribution in [0.25, 0.3) is 11.0 Å². The number of carbonyl (C=O) groups is 3. The predicted molar refractivity (Wildman–Crippen MR) is 106 cm³/mol. The molecule has 0 aliphatic carbocycles. The van der Waals surface area contributed by atoms with E-state index in [1.807, 2.05) is 0 Å². The molecular formula is C21H22N2O7. The van der Waals surface area contributed by atoms with Gasteiger partial charge in [0.05, 0.1) is 26.5 Å². The van der Waals surface area contributed by atoms with Crippen LogP contribution in [0, 0.1) is 6.92 Å². The normalized spacial score (nSPS) is 10.6. The summed E-state index contributed by atoms with van der Waals surface area (Å²) in [5.74, 6) is -0.391. The van der Waals surface area contributed by atoms with Crippen molar-refractivity contribution in [2.45, 2.75) is 13.5 Å². The zero-order valence-corrected chi connectivity index (χ0v) is 16.9. The van der Waals surface area contributed by atoms with Crippen LogP contribution in [0.5, 0.6) is 5.75 Å². The van der Waals surface area contributed by atoms with E-state index in [1.165, 1.54) is 18.2 Å². The summed E-state index contributed by atoms with van der Waals surface area (Å²) in [6, 6.07) is 8.61. The Morgan fingerprint density at radius 2 is 2.00 bits per heavy atom. The first-order valence-electron chi connectivity index (χ1n) is 9.16. The smallest absolute Gasteiger partial charge is 0.375 e. The molecule has 3 rings (SSSR count). The van der Waals surface area contributed by atoms with Gasteiger partial charge in [-0.1, -0.05) is 0 Å². The SMILES string of the molecule is COc1ccc2oc(C(=O)OCC(=O)N(C)CC(=O)NCc3ccco3)c(C)c2c1. The van der Waals surface area contributed by atoms with Gasteiger partial charge in [-0.15, -0.1) is 0 Å². The molecule has 9 heteroatoms. The van der Waals surface area contributed by atoms with E-state index in [1.54, 1.807) is 44.4 Å². The van der Waals surface area contributed by atoms with Crippen LogP contribution in [-0.4, -0.2) is 50.0 Å². The van der Waals surface area contributed by atoms with Crippen LogP contribution in [-0.2, 0) is 20.9 Å². The van der Waals surface area contributed by atoms with Gasteiger partial charge < -0.3 is 28.5 Å². The van der Waals surface area contributed by atoms with Crippen molar-refractivity contribution in [2.75, 3.05) is 27.3 Å². The van der Waals surface area contributed by atoms with Gasteiger partial charge in [-0.2, -0.15) is 0 Å². The lowest BCUT2D eigenvalue weighted by atomic mass is 10.1. The average molecular weight is 414 g/mol. The number of furan rings is 2. The molecule has 3 aromatic rings. The van der Waals surface area contributed by atoms with Crippen LogP contribution >= 0.6 is 0 Å². The van der Waals surface area contributed by atoms with Gasteiger partial charge in [0, 0.05) is 18.0 Å². The maximum atomic E-state index is 12.4. The number of fused-ring (bicyclic) bond motifs is 1. The standard InChI is InChI=1S/C21H22N2O7/c1-13-16-9-14(27-3)6-7-17(16)30-20(13)21(26)29-12-19(25)23(2)11-18(24)22-10-15-5-4-8-28-15/h4-9H,10-12H2,1-3H3,(H,22,24). The molecule has 0 fully saturated rings. The molecule has 158 valence electrons. The summed E-state index contributed by atoms with van der Waals surface area (Å²) in [5.41, 5.74) is 1.10. The van der Waals surface area contributed by atoms with Crippen molar-refractivity contribution in [1.29, 1.82) is 0 Å². The molecule has 2 heterocycles. The number of benzene rings is 1. The number of ether oxygens (including phenoxy) is 2. The van der Waals surface area contributed by atoms with Crippen LogP contribution in [0.4, 0.5) is 0 Å². The number of rotatable bonds is 8. The maximum Gasteiger partial charge on any atom is 0.375 e. The Balaban J connectivity index is 1.52. The van der Waals surface area contributed by atoms with Crippen molar-refractivity contribution in [3.05, 3.63) is 53.7 Å². The molecule has 0 saturated heterocycles. The lowest BCUT2D eigenvalue weighted by Crippen LogP contribution is -2.39. The minimum Gasteiger partial charge on any atom is -0.497 e. The molecule has 0 radical (unpaired) electrons. The first-order valence-corrected chi connectivity index (χ1v) is 9.16. The Hall–Kier alpha value is -3.75. The first kappa shape index (κ1) is 21.0. The summed E-state index contributed by atoms with van der Waals surface area (Å²) in [7, 11) is 2.99. The van der Waals surface area contributed by atoms with Crippen LogP contribution in [0.2, 0.25) is 0 Å². The fourth-order valence-electron chi connectivity index (χ4n) is 2.78. The molecule has 0 aliphatic rings. The van der Waals surface area contributed by atoms with Crippen LogP contribution in [0.3, 0.4) is 0 Å². The molecule has 1 N–H and O–H groups in total. The molecule has 0 unspecified atom stereocenters. The van der Waals surface area contributed by atoms with Gasteiger partial charge in [-0.05, 0) is 37.3 Å². The lowest BCUT2D eigenvalue weighted by molar-refractivity contribution is -0.137. The minimum atomic E-state index is -0.758. The predicted octanol–water partition coefficient (Wildman–Crippen LogP) is 2.27. The second-order valence-corrected chi connectivity index (χ2v) is 6.60. The van der Waals surface area contributed by atoms with Crippen molar-refractivity contribution in [2.24, 2.45) is 0 Å². The third-order valence-corrected chi connectivity index (χ3v) is 4.50. The Bertz CT molecular complexity index is 1050. The van der Waals surface area contributed by atoms with E-state index in [0.717, 1.165) is 5.39 Å². The number of amides is 2. The number of carbonyl (C=O) groups excluding carboxylic acids is 3. The van der Waals surface area contributed by atoms with Gasteiger partial charge in [0.15, 0.2) is 6.61 Å². The number of esters is 1. The van der Waals surface area contributed by atoms with Gasteiger partial charge in [0.2, 0.25) is 11.7 Å². The van der Waals surface area contributed by atoms with Crippen molar-refractivity contribution in [1.82, 2.24) is 10.2 Å². The number of aryl methyl sites for hydroxylation is 1. The number of hydrogen-bond acceptors (Lipinski definition) is 7. The van der Waals surface area contributed by atoms with Crippen molar-refractivity contribution < 1.29 is 32.7 Å². The molecule has 0 saturated carbocycles. The van der Waals surface area contributed by atoms with E-state index in [2.05, 4.69) is 5.32 Å². The number of nitrogens with zero attached hydrogens (tertiary/aromatic N) is 1. The fraction of sp³-hybridized carbons (Fsp3) is 0.286. The highest BCUT2D eigenvalue weighted by molar-refractivity contribution is 5.97. The van der Waals surface area contributed by atoms with E-state index in [9.17, 15) is 14.4 Å². The first-order chi connectivity index (χ1) is 14.4. The highest BCUT2D eigenvalue weighted by Gasteiger charge is 2.22. The zero-order valence-electron chi connectivity index (χ0n) is 16.9. The van der Waals surface area contributed by atoms with Crippen LogP contribution in [0.15, 0.2) is 45.4 Å². The van der Waals surface area contributed by atoms with Crippen molar-refractivity contribution >= 4 is 28.8 Å². The van der Waals surface area contributed by atoms with Gasteiger partial charge >= 0.3 is 5.97 Å². The van der Waals surface area contributed by atoms with E-state index >= 15 is 0 Å². The number of likely N-dealkylation sites (N-methyl/N-ethyl adjacent to an activating group) is 1. The summed E-state index contributed by atoms with van der Waals surface area (Å²) in [5, 5.41) is 3.35. The lowest BCUT2D eigenvalue weighted by Gasteiger charge is -2.16. The summed E-state index contributed by atoms with van der Waals surface area (Å²) < 4.78 is 20.9. The van der Waals surface area contributed by atoms with E-state index < -0.39 is 18.5 Å². The summed E-state index contributed by atoms with van der Waals surface area (Å²) >= 11 is 0. The van der Waals surface area contributed by atoms with Gasteiger partial charge in [-0.3, -0.25) is 9.59 Å². The molecule has 9 nitrogen and oxygen atoms in total. The molecule has 0 atom stereocenters. The van der Waals surface area contributed by atoms with Crippen LogP contribution in [0.1, 0.15) is 21.9 Å². The van der Waals surface area contributed by atoms with Gasteiger partial charge in [0.25, 0.3) is 5.91 Å². The third kappa shape index (κ3) is 4.80. The van der Waals surface area contributed by atoms with Gasteiger partial charge in [-0.25, -0.2) is 4.79 Å². The van der Waals surface area contributed by atoms with Crippen molar-refractivity contribution in [3.8, 4) is 5.75 Å². The Morgan fingerprint density at radius 3 is 2.70 bits per heavy atom. The third-order valence-electron chi connectivity index (χ3n) is 4.50. The highest BCUT2D eigenvalue weighted by Crippen LogP contribution is 2.29. The molecule has 2 amide bonds. The highest BCUT2D eigenvalue weighted by atomic mass is 16.5. The summed E-state index contributed by atoms with van der Waals surface area (Å²) in [6.07, 6.45) is 1.51. The molecule has 1 aromatic carbocycles. The van der Waals surface area contributed by atoms with E-state index in [-0.39, 0.29) is 24.8 Å². The van der Waals surface area contributed by atoms with E-state index in [0.29, 0.717) is 22.7 Å². The fourth-order valence-corrected chi connectivity index (χ4v) is 2.78. The second kappa shape index (κ2) is 9.17. The summed E-state index contributed by atoms with van der Waals surface area (Å²) in [4.78, 5) is 37.7. The van der Waals surface area contributed by atoms with Crippen molar-refractivity contribution in [3.63, 3.8) is 0 Å². The summed E-state index contributed by atoms with van der Waals surface area (Å²) in [6.45, 7) is 1.25. The average Bonchev–Trinajstić information content (AvgIpc) is 3.38. The number of nitrogens with one attached hydrogen (secondary N) is 1. The Morgan fingerprint density at radius 1 is 1.20 bits per heavy atom. The number of methoxy groups -OCH3 is 1. The second-order valence-electron chi connectivity index (χ2n) is 6.60. The molecular weight excluding hydrogens is 392 g/mol. The molecule has 0 aliphatic heterocycles. The quantitative estimate of drug-likeness (QED) is 0.563.